The lowest BCUT2D eigenvalue weighted by Crippen LogP contribution is -2.47. The van der Waals surface area contributed by atoms with Crippen LogP contribution in [0.2, 0.25) is 0 Å². The SMILES string of the molecule is CC(C)CN1CCC2(CC1)CN(C(=O)OC(C)(C)C)CC2C(=O)O. The number of likely N-dealkylation sites (tertiary alicyclic amines) is 2. The summed E-state index contributed by atoms with van der Waals surface area (Å²) in [6.07, 6.45) is 1.27. The van der Waals surface area contributed by atoms with Crippen LogP contribution in [-0.4, -0.2) is 65.3 Å². The van der Waals surface area contributed by atoms with Crippen molar-refractivity contribution in [2.45, 2.75) is 53.1 Å². The minimum Gasteiger partial charge on any atom is -0.481 e. The number of hydrogen-bond acceptors (Lipinski definition) is 4. The minimum absolute atomic E-state index is 0.258. The Kier molecular flexibility index (Phi) is 5.47. The highest BCUT2D eigenvalue weighted by Crippen LogP contribution is 2.45. The number of piperidine rings is 1. The molecule has 138 valence electrons. The zero-order chi connectivity index (χ0) is 18.1. The predicted octanol–water partition coefficient (Wildman–Crippen LogP) is 2.68. The van der Waals surface area contributed by atoms with Gasteiger partial charge in [-0.25, -0.2) is 4.79 Å². The van der Waals surface area contributed by atoms with Crippen LogP contribution in [0.5, 0.6) is 0 Å². The number of carboxylic acid groups (broad SMARTS) is 1. The van der Waals surface area contributed by atoms with E-state index in [0.29, 0.717) is 12.5 Å². The molecule has 1 N–H and O–H groups in total. The Morgan fingerprint density at radius 2 is 1.83 bits per heavy atom. The first-order valence-corrected chi connectivity index (χ1v) is 8.95. The van der Waals surface area contributed by atoms with Crippen LogP contribution in [-0.2, 0) is 9.53 Å². The molecular weight excluding hydrogens is 308 g/mol. The lowest BCUT2D eigenvalue weighted by atomic mass is 9.71. The summed E-state index contributed by atoms with van der Waals surface area (Å²) in [6.45, 7) is 13.5. The normalized spacial score (nSPS) is 24.6. The van der Waals surface area contributed by atoms with Crippen molar-refractivity contribution in [3.63, 3.8) is 0 Å². The molecule has 2 rings (SSSR count). The molecule has 0 aromatic rings. The number of amides is 1. The molecule has 6 heteroatoms. The second-order valence-electron chi connectivity index (χ2n) is 8.81. The molecule has 0 aliphatic carbocycles. The lowest BCUT2D eigenvalue weighted by Gasteiger charge is -2.41. The number of aliphatic carboxylic acids is 1. The highest BCUT2D eigenvalue weighted by Gasteiger charge is 2.53. The summed E-state index contributed by atoms with van der Waals surface area (Å²) in [4.78, 5) is 28.2. The Balaban J connectivity index is 2.06. The molecule has 0 radical (unpaired) electrons. The molecule has 6 nitrogen and oxygen atoms in total. The van der Waals surface area contributed by atoms with E-state index in [1.807, 2.05) is 20.8 Å². The van der Waals surface area contributed by atoms with E-state index in [9.17, 15) is 14.7 Å². The Labute approximate surface area is 145 Å². The van der Waals surface area contributed by atoms with Gasteiger partial charge in [0.2, 0.25) is 0 Å². The molecule has 1 unspecified atom stereocenters. The molecule has 1 spiro atoms. The first-order chi connectivity index (χ1) is 11.0. The molecule has 2 fully saturated rings. The number of carbonyl (C=O) groups excluding carboxylic acids is 1. The Morgan fingerprint density at radius 3 is 2.29 bits per heavy atom. The summed E-state index contributed by atoms with van der Waals surface area (Å²) in [7, 11) is 0. The van der Waals surface area contributed by atoms with Gasteiger partial charge in [0, 0.05) is 25.0 Å². The van der Waals surface area contributed by atoms with E-state index in [1.165, 1.54) is 0 Å². The third-order valence-corrected chi connectivity index (χ3v) is 5.07. The van der Waals surface area contributed by atoms with Crippen LogP contribution in [0, 0.1) is 17.3 Å². The van der Waals surface area contributed by atoms with Crippen molar-refractivity contribution in [3.05, 3.63) is 0 Å². The minimum atomic E-state index is -0.793. The van der Waals surface area contributed by atoms with Crippen LogP contribution >= 0.6 is 0 Å². The highest BCUT2D eigenvalue weighted by molar-refractivity contribution is 5.75. The molecule has 0 saturated carbocycles. The van der Waals surface area contributed by atoms with Gasteiger partial charge in [-0.3, -0.25) is 4.79 Å². The van der Waals surface area contributed by atoms with Crippen molar-refractivity contribution in [1.82, 2.24) is 9.80 Å². The van der Waals surface area contributed by atoms with E-state index in [1.54, 1.807) is 4.90 Å². The molecule has 0 aromatic heterocycles. The molecule has 0 aromatic carbocycles. The zero-order valence-electron chi connectivity index (χ0n) is 15.7. The Morgan fingerprint density at radius 1 is 1.25 bits per heavy atom. The summed E-state index contributed by atoms with van der Waals surface area (Å²) >= 11 is 0. The maximum absolute atomic E-state index is 12.4. The number of carbonyl (C=O) groups is 2. The van der Waals surface area contributed by atoms with Crippen LogP contribution in [0.3, 0.4) is 0 Å². The van der Waals surface area contributed by atoms with E-state index in [0.717, 1.165) is 32.5 Å². The second kappa shape index (κ2) is 6.90. The van der Waals surface area contributed by atoms with Gasteiger partial charge in [-0.2, -0.15) is 0 Å². The van der Waals surface area contributed by atoms with Crippen molar-refractivity contribution in [2.24, 2.45) is 17.3 Å². The van der Waals surface area contributed by atoms with Crippen molar-refractivity contribution in [2.75, 3.05) is 32.7 Å². The monoisotopic (exact) mass is 340 g/mol. The summed E-state index contributed by atoms with van der Waals surface area (Å²) < 4.78 is 5.44. The third kappa shape index (κ3) is 4.41. The van der Waals surface area contributed by atoms with Crippen LogP contribution in [0.25, 0.3) is 0 Å². The van der Waals surface area contributed by atoms with Gasteiger partial charge in [-0.15, -0.1) is 0 Å². The number of rotatable bonds is 3. The van der Waals surface area contributed by atoms with Crippen LogP contribution in [0.15, 0.2) is 0 Å². The standard InChI is InChI=1S/C18H32N2O4/c1-13(2)10-19-8-6-18(7-9-19)12-20(11-14(18)15(21)22)16(23)24-17(3,4)5/h13-14H,6-12H2,1-5H3,(H,21,22). The zero-order valence-corrected chi connectivity index (χ0v) is 15.7. The van der Waals surface area contributed by atoms with E-state index in [4.69, 9.17) is 4.74 Å². The lowest BCUT2D eigenvalue weighted by molar-refractivity contribution is -0.145. The van der Waals surface area contributed by atoms with Crippen molar-refractivity contribution >= 4 is 12.1 Å². The van der Waals surface area contributed by atoms with E-state index < -0.39 is 23.6 Å². The molecule has 1 atom stereocenters. The quantitative estimate of drug-likeness (QED) is 0.855. The maximum atomic E-state index is 12.4. The van der Waals surface area contributed by atoms with Crippen molar-refractivity contribution < 1.29 is 19.4 Å². The summed E-state index contributed by atoms with van der Waals surface area (Å²) in [5.74, 6) is -0.680. The predicted molar refractivity (Wildman–Crippen MR) is 91.9 cm³/mol. The number of nitrogens with zero attached hydrogens (tertiary/aromatic N) is 2. The van der Waals surface area contributed by atoms with Gasteiger partial charge >= 0.3 is 12.1 Å². The second-order valence-corrected chi connectivity index (χ2v) is 8.81. The Hall–Kier alpha value is -1.30. The number of hydrogen-bond donors (Lipinski definition) is 1. The fourth-order valence-corrected chi connectivity index (χ4v) is 3.98. The molecule has 2 saturated heterocycles. The molecule has 24 heavy (non-hydrogen) atoms. The molecule has 0 bridgehead atoms. The van der Waals surface area contributed by atoms with E-state index >= 15 is 0 Å². The third-order valence-electron chi connectivity index (χ3n) is 5.07. The number of carboxylic acids is 1. The fourth-order valence-electron chi connectivity index (χ4n) is 3.98. The molecule has 2 aliphatic heterocycles. The van der Waals surface area contributed by atoms with Gasteiger partial charge in [0.05, 0.1) is 5.92 Å². The van der Waals surface area contributed by atoms with Crippen LogP contribution in [0.1, 0.15) is 47.5 Å². The van der Waals surface area contributed by atoms with E-state index in [2.05, 4.69) is 18.7 Å². The summed E-state index contributed by atoms with van der Waals surface area (Å²) in [6, 6.07) is 0. The highest BCUT2D eigenvalue weighted by atomic mass is 16.6. The first-order valence-electron chi connectivity index (χ1n) is 8.95. The first kappa shape index (κ1) is 19.0. The average Bonchev–Trinajstić information content (AvgIpc) is 2.79. The molecule has 1 amide bonds. The van der Waals surface area contributed by atoms with Gasteiger partial charge in [-0.1, -0.05) is 13.8 Å². The molecule has 2 aliphatic rings. The molecular formula is C18H32N2O4. The smallest absolute Gasteiger partial charge is 0.410 e. The van der Waals surface area contributed by atoms with Gasteiger partial charge < -0.3 is 19.6 Å². The van der Waals surface area contributed by atoms with E-state index in [-0.39, 0.29) is 12.0 Å². The van der Waals surface area contributed by atoms with Gasteiger partial charge in [0.1, 0.15) is 5.60 Å². The van der Waals surface area contributed by atoms with Crippen molar-refractivity contribution in [1.29, 1.82) is 0 Å². The fraction of sp³-hybridized carbons (Fsp3) is 0.889. The van der Waals surface area contributed by atoms with Crippen LogP contribution < -0.4 is 0 Å². The maximum Gasteiger partial charge on any atom is 0.410 e. The van der Waals surface area contributed by atoms with Crippen LogP contribution in [0.4, 0.5) is 4.79 Å². The van der Waals surface area contributed by atoms with Gasteiger partial charge in [-0.05, 0) is 52.6 Å². The average molecular weight is 340 g/mol. The van der Waals surface area contributed by atoms with Gasteiger partial charge in [0.15, 0.2) is 0 Å². The largest absolute Gasteiger partial charge is 0.481 e. The van der Waals surface area contributed by atoms with Gasteiger partial charge in [0.25, 0.3) is 0 Å². The van der Waals surface area contributed by atoms with Crippen molar-refractivity contribution in [3.8, 4) is 0 Å². The summed E-state index contributed by atoms with van der Waals surface area (Å²) in [5, 5.41) is 9.68. The topological polar surface area (TPSA) is 70.1 Å². The number of ether oxygens (including phenoxy) is 1. The Bertz CT molecular complexity index is 476. The summed E-state index contributed by atoms with van der Waals surface area (Å²) in [5.41, 5.74) is -0.873. The molecule has 2 heterocycles.